The molecule has 1 aromatic carbocycles. The van der Waals surface area contributed by atoms with Gasteiger partial charge in [-0.25, -0.2) is 4.79 Å². The van der Waals surface area contributed by atoms with Crippen LogP contribution < -0.4 is 5.73 Å². The van der Waals surface area contributed by atoms with Gasteiger partial charge < -0.3 is 10.6 Å². The van der Waals surface area contributed by atoms with Gasteiger partial charge in [0.25, 0.3) is 5.91 Å². The lowest BCUT2D eigenvalue weighted by molar-refractivity contribution is -0.112. The van der Waals surface area contributed by atoms with Crippen LogP contribution in [0.3, 0.4) is 0 Å². The van der Waals surface area contributed by atoms with Crippen LogP contribution in [0.1, 0.15) is 10.4 Å². The van der Waals surface area contributed by atoms with Gasteiger partial charge in [0.2, 0.25) is 5.71 Å². The highest BCUT2D eigenvalue weighted by atomic mass is 16.7. The quantitative estimate of drug-likeness (QED) is 0.443. The number of hydrogen-bond donors (Lipinski definition) is 1. The van der Waals surface area contributed by atoms with Crippen molar-refractivity contribution in [2.24, 2.45) is 10.9 Å². The molecule has 6 heteroatoms. The Morgan fingerprint density at radius 3 is 2.44 bits per heavy atom. The van der Waals surface area contributed by atoms with Gasteiger partial charge in [-0.2, -0.15) is 5.26 Å². The molecule has 0 saturated heterocycles. The highest BCUT2D eigenvalue weighted by molar-refractivity contribution is 6.44. The van der Waals surface area contributed by atoms with Crippen molar-refractivity contribution in [3.63, 3.8) is 0 Å². The predicted octanol–water partition coefficient (Wildman–Crippen LogP) is 0.208. The van der Waals surface area contributed by atoms with E-state index in [1.807, 2.05) is 0 Å². The number of nitriles is 1. The summed E-state index contributed by atoms with van der Waals surface area (Å²) in [4.78, 5) is 26.2. The molecule has 0 aromatic heterocycles. The van der Waals surface area contributed by atoms with Crippen LogP contribution in [0.25, 0.3) is 0 Å². The Morgan fingerprint density at radius 1 is 1.31 bits per heavy atom. The number of nitrogens with two attached hydrogens (primary N) is 1. The standard InChI is InChI=1S/C10H7N3O3/c11-6-8(9(12)14)13-16-10(15)7-4-2-1-3-5-7/h1-5H,(H2,12,14)/b13-8+. The minimum absolute atomic E-state index is 0.257. The Labute approximate surface area is 90.9 Å². The second-order valence-electron chi connectivity index (χ2n) is 2.66. The second kappa shape index (κ2) is 5.26. The van der Waals surface area contributed by atoms with Crippen LogP contribution in [0, 0.1) is 11.3 Å². The van der Waals surface area contributed by atoms with Crippen LogP contribution in [0.5, 0.6) is 0 Å². The number of carbonyl (C=O) groups is 2. The van der Waals surface area contributed by atoms with Crippen molar-refractivity contribution in [1.82, 2.24) is 0 Å². The van der Waals surface area contributed by atoms with E-state index in [2.05, 4.69) is 9.99 Å². The number of hydrogen-bond acceptors (Lipinski definition) is 5. The van der Waals surface area contributed by atoms with Crippen LogP contribution in [-0.4, -0.2) is 17.6 Å². The first-order valence-electron chi connectivity index (χ1n) is 4.19. The van der Waals surface area contributed by atoms with Gasteiger partial charge in [0.1, 0.15) is 6.07 Å². The van der Waals surface area contributed by atoms with E-state index < -0.39 is 17.6 Å². The normalized spacial score (nSPS) is 10.3. The summed E-state index contributed by atoms with van der Waals surface area (Å²) < 4.78 is 0. The average Bonchev–Trinajstić information content (AvgIpc) is 2.30. The van der Waals surface area contributed by atoms with Crippen molar-refractivity contribution in [1.29, 1.82) is 5.26 Å². The zero-order valence-corrected chi connectivity index (χ0v) is 8.08. The molecule has 0 aliphatic rings. The molecular weight excluding hydrogens is 210 g/mol. The number of rotatable bonds is 3. The minimum atomic E-state index is -1.05. The van der Waals surface area contributed by atoms with Crippen molar-refractivity contribution < 1.29 is 14.4 Å². The summed E-state index contributed by atoms with van der Waals surface area (Å²) in [6.45, 7) is 0. The van der Waals surface area contributed by atoms with E-state index in [4.69, 9.17) is 11.0 Å². The highest BCUT2D eigenvalue weighted by Crippen LogP contribution is 2.01. The van der Waals surface area contributed by atoms with E-state index in [-0.39, 0.29) is 5.56 Å². The fourth-order valence-electron chi connectivity index (χ4n) is 0.835. The number of nitrogens with zero attached hydrogens (tertiary/aromatic N) is 2. The Morgan fingerprint density at radius 2 is 1.94 bits per heavy atom. The summed E-state index contributed by atoms with van der Waals surface area (Å²) in [5, 5.41) is 11.5. The van der Waals surface area contributed by atoms with E-state index >= 15 is 0 Å². The molecule has 1 rings (SSSR count). The lowest BCUT2D eigenvalue weighted by Crippen LogP contribution is -2.22. The Hall–Kier alpha value is -2.68. The molecule has 0 heterocycles. The molecule has 1 amide bonds. The number of benzene rings is 1. The third kappa shape index (κ3) is 2.92. The van der Waals surface area contributed by atoms with Crippen LogP contribution >= 0.6 is 0 Å². The van der Waals surface area contributed by atoms with Gasteiger partial charge in [-0.3, -0.25) is 4.79 Å². The fourth-order valence-corrected chi connectivity index (χ4v) is 0.835. The molecule has 0 aliphatic carbocycles. The molecule has 16 heavy (non-hydrogen) atoms. The summed E-state index contributed by atoms with van der Waals surface area (Å²) in [7, 11) is 0. The molecule has 0 spiro atoms. The van der Waals surface area contributed by atoms with Crippen LogP contribution in [0.15, 0.2) is 35.5 Å². The lowest BCUT2D eigenvalue weighted by Gasteiger charge is -1.96. The van der Waals surface area contributed by atoms with Crippen molar-refractivity contribution in [2.45, 2.75) is 0 Å². The van der Waals surface area contributed by atoms with Gasteiger partial charge in [-0.15, -0.1) is 0 Å². The SMILES string of the molecule is N#C/C(=N\OC(=O)c1ccccc1)C(N)=O. The molecule has 0 fully saturated rings. The summed E-state index contributed by atoms with van der Waals surface area (Å²) in [6, 6.07) is 9.43. The molecule has 6 nitrogen and oxygen atoms in total. The molecule has 0 radical (unpaired) electrons. The second-order valence-corrected chi connectivity index (χ2v) is 2.66. The molecule has 2 N–H and O–H groups in total. The van der Waals surface area contributed by atoms with E-state index in [9.17, 15) is 9.59 Å². The van der Waals surface area contributed by atoms with E-state index in [1.165, 1.54) is 18.2 Å². The first-order chi connectivity index (χ1) is 7.65. The topological polar surface area (TPSA) is 106 Å². The first kappa shape index (κ1) is 11.4. The maximum atomic E-state index is 11.3. The van der Waals surface area contributed by atoms with Gasteiger partial charge in [0.15, 0.2) is 0 Å². The number of amides is 1. The summed E-state index contributed by atoms with van der Waals surface area (Å²) in [6.07, 6.45) is 0. The number of primary amides is 1. The molecular formula is C10H7N3O3. The van der Waals surface area contributed by atoms with Gasteiger partial charge in [-0.05, 0) is 12.1 Å². The van der Waals surface area contributed by atoms with Crippen LogP contribution in [0.2, 0.25) is 0 Å². The largest absolute Gasteiger partial charge is 0.365 e. The summed E-state index contributed by atoms with van der Waals surface area (Å²) in [5.41, 5.74) is 4.38. The molecule has 1 aromatic rings. The summed E-state index contributed by atoms with van der Waals surface area (Å²) in [5.74, 6) is -1.82. The van der Waals surface area contributed by atoms with Crippen LogP contribution in [0.4, 0.5) is 0 Å². The van der Waals surface area contributed by atoms with Gasteiger partial charge in [0, 0.05) is 0 Å². The Bertz CT molecular complexity index is 474. The van der Waals surface area contributed by atoms with Crippen LogP contribution in [-0.2, 0) is 9.63 Å². The third-order valence-electron chi connectivity index (χ3n) is 1.57. The Balaban J connectivity index is 2.74. The molecule has 0 atom stereocenters. The zero-order chi connectivity index (χ0) is 12.0. The van der Waals surface area contributed by atoms with Gasteiger partial charge >= 0.3 is 5.97 Å². The van der Waals surface area contributed by atoms with E-state index in [0.29, 0.717) is 0 Å². The fraction of sp³-hybridized carbons (Fsp3) is 0. The van der Waals surface area contributed by atoms with Crippen molar-refractivity contribution in [3.05, 3.63) is 35.9 Å². The highest BCUT2D eigenvalue weighted by Gasteiger charge is 2.10. The predicted molar refractivity (Wildman–Crippen MR) is 54.1 cm³/mol. The number of oxime groups is 1. The lowest BCUT2D eigenvalue weighted by atomic mass is 10.2. The average molecular weight is 217 g/mol. The van der Waals surface area contributed by atoms with Crippen molar-refractivity contribution in [2.75, 3.05) is 0 Å². The zero-order valence-electron chi connectivity index (χ0n) is 8.08. The van der Waals surface area contributed by atoms with Gasteiger partial charge in [0.05, 0.1) is 5.56 Å². The molecule has 0 bridgehead atoms. The third-order valence-corrected chi connectivity index (χ3v) is 1.57. The first-order valence-corrected chi connectivity index (χ1v) is 4.19. The van der Waals surface area contributed by atoms with E-state index in [0.717, 1.165) is 0 Å². The van der Waals surface area contributed by atoms with E-state index in [1.54, 1.807) is 18.2 Å². The van der Waals surface area contributed by atoms with Gasteiger partial charge in [-0.1, -0.05) is 23.4 Å². The minimum Gasteiger partial charge on any atom is -0.364 e. The number of carbonyl (C=O) groups excluding carboxylic acids is 2. The molecule has 80 valence electrons. The smallest absolute Gasteiger partial charge is 0.364 e. The van der Waals surface area contributed by atoms with Crippen molar-refractivity contribution >= 4 is 17.6 Å². The summed E-state index contributed by atoms with van der Waals surface area (Å²) >= 11 is 0. The maximum Gasteiger partial charge on any atom is 0.365 e. The maximum absolute atomic E-state index is 11.3. The molecule has 0 saturated carbocycles. The monoisotopic (exact) mass is 217 g/mol. The van der Waals surface area contributed by atoms with Crippen molar-refractivity contribution in [3.8, 4) is 6.07 Å². The molecule has 0 unspecified atom stereocenters. The Kier molecular flexibility index (Phi) is 3.75. The molecule has 0 aliphatic heterocycles.